The number of carboxylic acid groups (broad SMARTS) is 1. The number of carboxylic acids is 1. The lowest BCUT2D eigenvalue weighted by molar-refractivity contribution is -0.142. The maximum atomic E-state index is 13.3. The zero-order valence-corrected chi connectivity index (χ0v) is 23.3. The molecule has 0 aliphatic carbocycles. The van der Waals surface area contributed by atoms with Crippen LogP contribution in [0.4, 0.5) is 0 Å². The van der Waals surface area contributed by atoms with E-state index < -0.39 is 47.9 Å². The Bertz CT molecular complexity index is 1190. The molecule has 3 amide bonds. The second-order valence-electron chi connectivity index (χ2n) is 9.32. The molecule has 14 heteroatoms. The second-order valence-corrected chi connectivity index (χ2v) is 9.69. The van der Waals surface area contributed by atoms with Gasteiger partial charge in [0.25, 0.3) is 0 Å². The average molecular weight is 588 g/mol. The van der Waals surface area contributed by atoms with E-state index in [1.807, 2.05) is 6.07 Å². The molecule has 13 nitrogen and oxygen atoms in total. The van der Waals surface area contributed by atoms with Crippen LogP contribution in [0, 0.1) is 0 Å². The van der Waals surface area contributed by atoms with Crippen LogP contribution in [0.2, 0.25) is 0 Å². The van der Waals surface area contributed by atoms with E-state index in [4.69, 9.17) is 17.2 Å². The second kappa shape index (κ2) is 16.7. The van der Waals surface area contributed by atoms with Crippen LogP contribution < -0.4 is 33.2 Å². The summed E-state index contributed by atoms with van der Waals surface area (Å²) < 4.78 is 0. The highest BCUT2D eigenvalue weighted by molar-refractivity contribution is 7.80. The summed E-state index contributed by atoms with van der Waals surface area (Å²) in [6.45, 7) is 0.292. The Morgan fingerprint density at radius 1 is 0.805 bits per heavy atom. The molecule has 0 bridgehead atoms. The van der Waals surface area contributed by atoms with Crippen molar-refractivity contribution in [1.29, 1.82) is 0 Å². The van der Waals surface area contributed by atoms with Crippen molar-refractivity contribution >= 4 is 42.3 Å². The summed E-state index contributed by atoms with van der Waals surface area (Å²) in [6, 6.07) is 10.3. The van der Waals surface area contributed by atoms with Crippen molar-refractivity contribution < 1.29 is 29.4 Å². The molecule has 0 fully saturated rings. The minimum atomic E-state index is -1.30. The molecule has 4 unspecified atom stereocenters. The standard InChI is InChI=1S/C27H37N7O6S/c28-19(7-4-12-31-27(29)30)23(36)32-20(13-16-5-2-1-3-6-16)24(37)34-22(15-41)25(38)33-21(26(39)40)14-17-8-10-18(35)11-9-17/h1-3,5-6,8-11,19-22,35,41H,4,7,12-15,28H2,(H,32,36)(H,33,38)(H,34,37)(H,39,40)(H4,29,30,31). The van der Waals surface area contributed by atoms with E-state index in [1.54, 1.807) is 24.3 Å². The zero-order chi connectivity index (χ0) is 30.4. The first-order valence-corrected chi connectivity index (χ1v) is 13.5. The smallest absolute Gasteiger partial charge is 0.326 e. The number of nitrogens with zero attached hydrogens (tertiary/aromatic N) is 1. The number of phenols is 1. The van der Waals surface area contributed by atoms with Gasteiger partial charge in [-0.3, -0.25) is 19.4 Å². The third-order valence-electron chi connectivity index (χ3n) is 6.03. The minimum absolute atomic E-state index is 0.0200. The third-order valence-corrected chi connectivity index (χ3v) is 6.39. The van der Waals surface area contributed by atoms with Crippen LogP contribution >= 0.6 is 12.6 Å². The maximum absolute atomic E-state index is 13.3. The molecule has 0 aliphatic heterocycles. The molecule has 2 aromatic rings. The van der Waals surface area contributed by atoms with E-state index in [2.05, 4.69) is 33.6 Å². The van der Waals surface area contributed by atoms with Crippen molar-refractivity contribution in [3.8, 4) is 5.75 Å². The third kappa shape index (κ3) is 11.8. The molecule has 2 aromatic carbocycles. The number of aliphatic imine (C=N–C) groups is 1. The molecular formula is C27H37N7O6S. The number of amides is 3. The Balaban J connectivity index is 2.10. The van der Waals surface area contributed by atoms with Gasteiger partial charge in [-0.1, -0.05) is 42.5 Å². The number of nitrogens with one attached hydrogen (secondary N) is 3. The Kier molecular flexibility index (Phi) is 13.4. The number of benzene rings is 2. The van der Waals surface area contributed by atoms with E-state index in [0.717, 1.165) is 5.56 Å². The number of hydrogen-bond donors (Lipinski definition) is 9. The Morgan fingerprint density at radius 2 is 1.34 bits per heavy atom. The Hall–Kier alpha value is -4.30. The molecule has 0 saturated carbocycles. The monoisotopic (exact) mass is 587 g/mol. The summed E-state index contributed by atoms with van der Waals surface area (Å²) in [4.78, 5) is 54.7. The first kappa shape index (κ1) is 32.9. The van der Waals surface area contributed by atoms with Crippen molar-refractivity contribution in [2.75, 3.05) is 12.3 Å². The fourth-order valence-corrected chi connectivity index (χ4v) is 4.05. The number of carbonyl (C=O) groups excluding carboxylic acids is 3. The predicted octanol–water partition coefficient (Wildman–Crippen LogP) is -0.973. The van der Waals surface area contributed by atoms with Gasteiger partial charge in [-0.05, 0) is 36.1 Å². The topological polar surface area (TPSA) is 235 Å². The van der Waals surface area contributed by atoms with Gasteiger partial charge in [0.05, 0.1) is 6.04 Å². The summed E-state index contributed by atoms with van der Waals surface area (Å²) >= 11 is 4.16. The summed E-state index contributed by atoms with van der Waals surface area (Å²) in [5.74, 6) is -3.47. The number of carbonyl (C=O) groups is 4. The van der Waals surface area contributed by atoms with E-state index >= 15 is 0 Å². The number of rotatable bonds is 16. The molecule has 11 N–H and O–H groups in total. The summed E-state index contributed by atoms with van der Waals surface area (Å²) in [6.07, 6.45) is 0.765. The molecule has 0 saturated heterocycles. The maximum Gasteiger partial charge on any atom is 0.326 e. The van der Waals surface area contributed by atoms with Gasteiger partial charge in [0.15, 0.2) is 5.96 Å². The van der Waals surface area contributed by atoms with Crippen LogP contribution in [0.15, 0.2) is 59.6 Å². The molecule has 0 radical (unpaired) electrons. The molecule has 0 aliphatic rings. The minimum Gasteiger partial charge on any atom is -0.508 e. The van der Waals surface area contributed by atoms with Crippen LogP contribution in [-0.4, -0.2) is 76.3 Å². The van der Waals surface area contributed by atoms with E-state index in [9.17, 15) is 29.4 Å². The first-order chi connectivity index (χ1) is 19.5. The highest BCUT2D eigenvalue weighted by Crippen LogP contribution is 2.12. The molecule has 0 aromatic heterocycles. The highest BCUT2D eigenvalue weighted by Gasteiger charge is 2.30. The van der Waals surface area contributed by atoms with Crippen molar-refractivity contribution in [3.05, 3.63) is 65.7 Å². The number of hydrogen-bond acceptors (Lipinski definition) is 8. The summed E-state index contributed by atoms with van der Waals surface area (Å²) in [5.41, 5.74) is 17.9. The van der Waals surface area contributed by atoms with Gasteiger partial charge in [0.2, 0.25) is 17.7 Å². The van der Waals surface area contributed by atoms with Crippen LogP contribution in [-0.2, 0) is 32.0 Å². The van der Waals surface area contributed by atoms with Gasteiger partial charge >= 0.3 is 5.97 Å². The van der Waals surface area contributed by atoms with Gasteiger partial charge in [0.1, 0.15) is 23.9 Å². The highest BCUT2D eigenvalue weighted by atomic mass is 32.1. The summed E-state index contributed by atoms with van der Waals surface area (Å²) in [7, 11) is 0. The van der Waals surface area contributed by atoms with Gasteiger partial charge in [-0.25, -0.2) is 4.79 Å². The molecule has 4 atom stereocenters. The van der Waals surface area contributed by atoms with Gasteiger partial charge in [0, 0.05) is 25.1 Å². The molecule has 0 spiro atoms. The predicted molar refractivity (Wildman–Crippen MR) is 157 cm³/mol. The SMILES string of the molecule is NC(N)=NCCCC(N)C(=O)NC(Cc1ccccc1)C(=O)NC(CS)C(=O)NC(Cc1ccc(O)cc1)C(=O)O. The number of aliphatic carboxylic acids is 1. The number of aromatic hydroxyl groups is 1. The van der Waals surface area contributed by atoms with Crippen LogP contribution in [0.1, 0.15) is 24.0 Å². The Labute approximate surface area is 243 Å². The molecular weight excluding hydrogens is 550 g/mol. The zero-order valence-electron chi connectivity index (χ0n) is 22.4. The van der Waals surface area contributed by atoms with Crippen LogP contribution in [0.25, 0.3) is 0 Å². The van der Waals surface area contributed by atoms with E-state index in [0.29, 0.717) is 18.5 Å². The number of nitrogens with two attached hydrogens (primary N) is 3. The lowest BCUT2D eigenvalue weighted by Crippen LogP contribution is -2.58. The van der Waals surface area contributed by atoms with Gasteiger partial charge in [-0.15, -0.1) is 0 Å². The van der Waals surface area contributed by atoms with Crippen molar-refractivity contribution in [3.63, 3.8) is 0 Å². The lowest BCUT2D eigenvalue weighted by atomic mass is 10.0. The molecule has 41 heavy (non-hydrogen) atoms. The van der Waals surface area contributed by atoms with E-state index in [-0.39, 0.29) is 36.7 Å². The molecule has 222 valence electrons. The van der Waals surface area contributed by atoms with Crippen LogP contribution in [0.5, 0.6) is 5.75 Å². The number of guanidine groups is 1. The average Bonchev–Trinajstić information content (AvgIpc) is 2.94. The van der Waals surface area contributed by atoms with Crippen LogP contribution in [0.3, 0.4) is 0 Å². The van der Waals surface area contributed by atoms with E-state index in [1.165, 1.54) is 24.3 Å². The fraction of sp³-hybridized carbons (Fsp3) is 0.370. The largest absolute Gasteiger partial charge is 0.508 e. The quantitative estimate of drug-likeness (QED) is 0.0507. The van der Waals surface area contributed by atoms with Crippen molar-refractivity contribution in [2.45, 2.75) is 49.9 Å². The Morgan fingerprint density at radius 3 is 1.93 bits per heavy atom. The first-order valence-electron chi connectivity index (χ1n) is 12.9. The van der Waals surface area contributed by atoms with Gasteiger partial charge < -0.3 is 43.4 Å². The normalized spacial score (nSPS) is 13.6. The van der Waals surface area contributed by atoms with Crippen molar-refractivity contribution in [2.24, 2.45) is 22.2 Å². The van der Waals surface area contributed by atoms with Crippen molar-refractivity contribution in [1.82, 2.24) is 16.0 Å². The fourth-order valence-electron chi connectivity index (χ4n) is 3.79. The van der Waals surface area contributed by atoms with Gasteiger partial charge in [-0.2, -0.15) is 12.6 Å². The number of thiol groups is 1. The number of phenolic OH excluding ortho intramolecular Hbond substituents is 1. The lowest BCUT2D eigenvalue weighted by Gasteiger charge is -2.24. The summed E-state index contributed by atoms with van der Waals surface area (Å²) in [5, 5.41) is 26.7. The molecule has 0 heterocycles. The molecule has 2 rings (SSSR count).